The predicted octanol–water partition coefficient (Wildman–Crippen LogP) is 2.74. The van der Waals surface area contributed by atoms with Gasteiger partial charge in [0.1, 0.15) is 5.75 Å². The molecule has 2 rings (SSSR count). The van der Waals surface area contributed by atoms with E-state index in [9.17, 15) is 4.79 Å². The summed E-state index contributed by atoms with van der Waals surface area (Å²) in [5.41, 5.74) is 1.14. The van der Waals surface area contributed by atoms with Gasteiger partial charge in [-0.05, 0) is 37.9 Å². The second-order valence-corrected chi connectivity index (χ2v) is 6.56. The number of benzene rings is 1. The van der Waals surface area contributed by atoms with Crippen LogP contribution < -0.4 is 10.1 Å². The number of carbonyl (C=O) groups excluding carboxylic acids is 1. The lowest BCUT2D eigenvalue weighted by molar-refractivity contribution is 0.132. The lowest BCUT2D eigenvalue weighted by Crippen LogP contribution is -2.44. The molecule has 1 aliphatic heterocycles. The molecule has 1 saturated heterocycles. The zero-order chi connectivity index (χ0) is 16.8. The highest BCUT2D eigenvalue weighted by molar-refractivity contribution is 5.73. The van der Waals surface area contributed by atoms with Crippen LogP contribution in [0.3, 0.4) is 0 Å². The van der Waals surface area contributed by atoms with E-state index in [0.29, 0.717) is 6.54 Å². The van der Waals surface area contributed by atoms with Crippen LogP contribution in [0.4, 0.5) is 4.79 Å². The molecule has 0 saturated carbocycles. The van der Waals surface area contributed by atoms with E-state index >= 15 is 0 Å². The maximum Gasteiger partial charge on any atom is 0.316 e. The second-order valence-electron chi connectivity index (χ2n) is 6.56. The van der Waals surface area contributed by atoms with Crippen LogP contribution >= 0.6 is 0 Å². The van der Waals surface area contributed by atoms with Gasteiger partial charge in [0.15, 0.2) is 0 Å². The van der Waals surface area contributed by atoms with E-state index in [0.717, 1.165) is 30.3 Å². The molecule has 0 spiro atoms. The molecule has 5 heteroatoms. The van der Waals surface area contributed by atoms with Crippen LogP contribution in [-0.2, 0) is 0 Å². The highest BCUT2D eigenvalue weighted by Crippen LogP contribution is 2.31. The maximum absolute atomic E-state index is 11.9. The maximum atomic E-state index is 11.9. The molecule has 1 heterocycles. The summed E-state index contributed by atoms with van der Waals surface area (Å²) in [6.07, 6.45) is 2.40. The molecule has 1 fully saturated rings. The first-order valence-electron chi connectivity index (χ1n) is 8.35. The van der Waals surface area contributed by atoms with Crippen LogP contribution in [0.15, 0.2) is 24.3 Å². The molecule has 23 heavy (non-hydrogen) atoms. The third kappa shape index (κ3) is 4.61. The smallest absolute Gasteiger partial charge is 0.316 e. The zero-order valence-electron chi connectivity index (χ0n) is 14.7. The number of nitrogens with one attached hydrogen (secondary N) is 1. The van der Waals surface area contributed by atoms with Crippen LogP contribution in [0.5, 0.6) is 5.75 Å². The van der Waals surface area contributed by atoms with E-state index in [-0.39, 0.29) is 12.1 Å². The van der Waals surface area contributed by atoms with E-state index in [2.05, 4.69) is 23.2 Å². The Balaban J connectivity index is 2.18. The number of nitrogens with zero attached hydrogens (tertiary/aromatic N) is 2. The Hall–Kier alpha value is -1.75. The molecule has 1 aromatic rings. The van der Waals surface area contributed by atoms with Crippen molar-refractivity contribution >= 4 is 6.03 Å². The van der Waals surface area contributed by atoms with Crippen molar-refractivity contribution in [3.05, 3.63) is 29.8 Å². The highest BCUT2D eigenvalue weighted by atomic mass is 16.5. The summed E-state index contributed by atoms with van der Waals surface area (Å²) in [7, 11) is 5.22. The summed E-state index contributed by atoms with van der Waals surface area (Å²) in [4.78, 5) is 16.0. The van der Waals surface area contributed by atoms with E-state index in [1.54, 1.807) is 26.1 Å². The van der Waals surface area contributed by atoms with Crippen molar-refractivity contribution in [1.82, 2.24) is 15.1 Å². The average Bonchev–Trinajstić information content (AvgIpc) is 2.56. The molecule has 1 atom stereocenters. The molecule has 1 unspecified atom stereocenters. The molecule has 128 valence electrons. The molecule has 0 aliphatic carbocycles. The lowest BCUT2D eigenvalue weighted by Gasteiger charge is -2.37. The number of likely N-dealkylation sites (tertiary alicyclic amines) is 1. The summed E-state index contributed by atoms with van der Waals surface area (Å²) in [6.45, 7) is 5.01. The standard InChI is InChI=1S/C18H29N3O2/c1-14-9-11-21(12-10-14)16(13-19-18(22)20(2)3)15-7-5-6-8-17(15)23-4/h5-8,14,16H,9-13H2,1-4H3,(H,19,22). The Morgan fingerprint density at radius 2 is 2.00 bits per heavy atom. The van der Waals surface area contributed by atoms with E-state index in [1.807, 2.05) is 18.2 Å². The van der Waals surface area contributed by atoms with Crippen molar-refractivity contribution in [2.45, 2.75) is 25.8 Å². The van der Waals surface area contributed by atoms with Gasteiger partial charge in [-0.15, -0.1) is 0 Å². The van der Waals surface area contributed by atoms with Gasteiger partial charge in [-0.2, -0.15) is 0 Å². The zero-order valence-corrected chi connectivity index (χ0v) is 14.7. The lowest BCUT2D eigenvalue weighted by atomic mass is 9.95. The second kappa shape index (κ2) is 8.20. The van der Waals surface area contributed by atoms with Gasteiger partial charge in [-0.1, -0.05) is 25.1 Å². The minimum atomic E-state index is -0.0599. The van der Waals surface area contributed by atoms with Crippen molar-refractivity contribution in [2.24, 2.45) is 5.92 Å². The third-order valence-electron chi connectivity index (χ3n) is 4.61. The van der Waals surface area contributed by atoms with Gasteiger partial charge in [0.05, 0.1) is 13.2 Å². The molecular weight excluding hydrogens is 290 g/mol. The first-order chi connectivity index (χ1) is 11.0. The van der Waals surface area contributed by atoms with Crippen molar-refractivity contribution in [3.8, 4) is 5.75 Å². The van der Waals surface area contributed by atoms with Gasteiger partial charge >= 0.3 is 6.03 Å². The van der Waals surface area contributed by atoms with Gasteiger partial charge in [0.25, 0.3) is 0 Å². The number of methoxy groups -OCH3 is 1. The minimum Gasteiger partial charge on any atom is -0.496 e. The van der Waals surface area contributed by atoms with E-state index in [4.69, 9.17) is 4.74 Å². The predicted molar refractivity (Wildman–Crippen MR) is 92.8 cm³/mol. The Kier molecular flexibility index (Phi) is 6.28. The monoisotopic (exact) mass is 319 g/mol. The average molecular weight is 319 g/mol. The summed E-state index contributed by atoms with van der Waals surface area (Å²) in [5, 5.41) is 3.03. The minimum absolute atomic E-state index is 0.0599. The van der Waals surface area contributed by atoms with Crippen LogP contribution in [0.1, 0.15) is 31.4 Å². The SMILES string of the molecule is COc1ccccc1C(CNC(=O)N(C)C)N1CCC(C)CC1. The fourth-order valence-electron chi connectivity index (χ4n) is 3.06. The van der Waals surface area contributed by atoms with Gasteiger partial charge < -0.3 is 15.0 Å². The Morgan fingerprint density at radius 1 is 1.35 bits per heavy atom. The number of piperidine rings is 1. The summed E-state index contributed by atoms with van der Waals surface area (Å²) in [5.74, 6) is 1.66. The summed E-state index contributed by atoms with van der Waals surface area (Å²) >= 11 is 0. The van der Waals surface area contributed by atoms with Crippen LogP contribution in [0.25, 0.3) is 0 Å². The molecule has 0 bridgehead atoms. The largest absolute Gasteiger partial charge is 0.496 e. The summed E-state index contributed by atoms with van der Waals surface area (Å²) in [6, 6.07) is 8.19. The number of carbonyl (C=O) groups is 1. The molecule has 1 N–H and O–H groups in total. The Labute approximate surface area is 139 Å². The van der Waals surface area contributed by atoms with E-state index < -0.39 is 0 Å². The van der Waals surface area contributed by atoms with Crippen LogP contribution in [0, 0.1) is 5.92 Å². The number of hydrogen-bond donors (Lipinski definition) is 1. The first kappa shape index (κ1) is 17.6. The first-order valence-corrected chi connectivity index (χ1v) is 8.35. The Morgan fingerprint density at radius 3 is 2.61 bits per heavy atom. The fourth-order valence-corrected chi connectivity index (χ4v) is 3.06. The quantitative estimate of drug-likeness (QED) is 0.907. The van der Waals surface area contributed by atoms with Crippen LogP contribution in [0.2, 0.25) is 0 Å². The number of hydrogen-bond acceptors (Lipinski definition) is 3. The van der Waals surface area contributed by atoms with Crippen molar-refractivity contribution < 1.29 is 9.53 Å². The van der Waals surface area contributed by atoms with Crippen LogP contribution in [-0.4, -0.2) is 56.7 Å². The van der Waals surface area contributed by atoms with Crippen molar-refractivity contribution in [3.63, 3.8) is 0 Å². The van der Waals surface area contributed by atoms with Crippen molar-refractivity contribution in [1.29, 1.82) is 0 Å². The van der Waals surface area contributed by atoms with Gasteiger partial charge in [-0.25, -0.2) is 4.79 Å². The molecular formula is C18H29N3O2. The van der Waals surface area contributed by atoms with E-state index in [1.165, 1.54) is 12.8 Å². The summed E-state index contributed by atoms with van der Waals surface area (Å²) < 4.78 is 5.54. The van der Waals surface area contributed by atoms with Gasteiger partial charge in [0, 0.05) is 26.2 Å². The topological polar surface area (TPSA) is 44.8 Å². The highest BCUT2D eigenvalue weighted by Gasteiger charge is 2.27. The fraction of sp³-hybridized carbons (Fsp3) is 0.611. The molecule has 1 aliphatic rings. The number of urea groups is 1. The molecule has 2 amide bonds. The molecule has 0 aromatic heterocycles. The Bertz CT molecular complexity index is 511. The number of rotatable bonds is 5. The van der Waals surface area contributed by atoms with Gasteiger partial charge in [-0.3, -0.25) is 4.90 Å². The number of amides is 2. The molecule has 5 nitrogen and oxygen atoms in total. The molecule has 0 radical (unpaired) electrons. The number of para-hydroxylation sites is 1. The normalized spacial score (nSPS) is 17.6. The number of ether oxygens (including phenoxy) is 1. The van der Waals surface area contributed by atoms with Crippen molar-refractivity contribution in [2.75, 3.05) is 40.8 Å². The third-order valence-corrected chi connectivity index (χ3v) is 4.61. The van der Waals surface area contributed by atoms with Gasteiger partial charge in [0.2, 0.25) is 0 Å². The molecule has 1 aromatic carbocycles.